The summed E-state index contributed by atoms with van der Waals surface area (Å²) in [6.45, 7) is 0.281. The Kier molecular flexibility index (Phi) is 2.94. The summed E-state index contributed by atoms with van der Waals surface area (Å²) >= 11 is 0. The van der Waals surface area contributed by atoms with Crippen molar-refractivity contribution in [2.45, 2.75) is 6.04 Å². The number of carboxylic acid groups (broad SMARTS) is 1. The van der Waals surface area contributed by atoms with Crippen LogP contribution in [0.15, 0.2) is 18.3 Å². The molecule has 0 aliphatic heterocycles. The highest BCUT2D eigenvalue weighted by molar-refractivity contribution is 5.85. The Hall–Kier alpha value is -1.46. The van der Waals surface area contributed by atoms with Crippen molar-refractivity contribution in [3.05, 3.63) is 29.6 Å². The van der Waals surface area contributed by atoms with Gasteiger partial charge in [0.15, 0.2) is 0 Å². The maximum atomic E-state index is 10.5. The van der Waals surface area contributed by atoms with Gasteiger partial charge in [0, 0.05) is 18.8 Å². The van der Waals surface area contributed by atoms with E-state index in [2.05, 4.69) is 4.98 Å². The van der Waals surface area contributed by atoms with Crippen molar-refractivity contribution in [3.8, 4) is 0 Å². The molecule has 5 N–H and O–H groups in total. The number of aromatic nitrogens is 1. The molecule has 0 aromatic carbocycles. The lowest BCUT2D eigenvalue weighted by Gasteiger charge is -2.08. The normalized spacial score (nSPS) is 12.5. The predicted octanol–water partition coefficient (Wildman–Crippen LogP) is -0.262. The summed E-state index contributed by atoms with van der Waals surface area (Å²) in [5, 5.41) is 8.63. The van der Waals surface area contributed by atoms with E-state index in [4.69, 9.17) is 16.6 Å². The van der Waals surface area contributed by atoms with E-state index in [-0.39, 0.29) is 18.3 Å². The lowest BCUT2D eigenvalue weighted by molar-refractivity contribution is 0.0690. The Bertz CT molecular complexity index is 314. The minimum absolute atomic E-state index is 0.0126. The number of nitrogens with two attached hydrogens (primary N) is 2. The van der Waals surface area contributed by atoms with Gasteiger partial charge in [-0.25, -0.2) is 9.78 Å². The van der Waals surface area contributed by atoms with Gasteiger partial charge >= 0.3 is 5.97 Å². The fourth-order valence-corrected chi connectivity index (χ4v) is 0.931. The molecule has 0 unspecified atom stereocenters. The Morgan fingerprint density at radius 2 is 2.38 bits per heavy atom. The van der Waals surface area contributed by atoms with Gasteiger partial charge in [-0.3, -0.25) is 0 Å². The Morgan fingerprint density at radius 3 is 2.92 bits per heavy atom. The van der Waals surface area contributed by atoms with Crippen molar-refractivity contribution >= 4 is 5.97 Å². The first-order valence-corrected chi connectivity index (χ1v) is 3.80. The summed E-state index contributed by atoms with van der Waals surface area (Å²) in [6, 6.07) is 2.75. The first-order valence-electron chi connectivity index (χ1n) is 3.80. The van der Waals surface area contributed by atoms with Crippen LogP contribution < -0.4 is 11.5 Å². The molecule has 0 bridgehead atoms. The van der Waals surface area contributed by atoms with Gasteiger partial charge < -0.3 is 16.6 Å². The topological polar surface area (TPSA) is 102 Å². The number of carboxylic acids is 1. The lowest BCUT2D eigenvalue weighted by Crippen LogP contribution is -2.21. The molecule has 0 amide bonds. The van der Waals surface area contributed by atoms with Gasteiger partial charge in [0.05, 0.1) is 0 Å². The zero-order valence-electron chi connectivity index (χ0n) is 6.97. The number of aromatic carboxylic acids is 1. The molecule has 70 valence electrons. The smallest absolute Gasteiger partial charge is 0.354 e. The van der Waals surface area contributed by atoms with Crippen molar-refractivity contribution in [1.29, 1.82) is 0 Å². The van der Waals surface area contributed by atoms with E-state index >= 15 is 0 Å². The van der Waals surface area contributed by atoms with Crippen molar-refractivity contribution in [3.63, 3.8) is 0 Å². The average molecular weight is 181 g/mol. The summed E-state index contributed by atoms with van der Waals surface area (Å²) in [4.78, 5) is 14.2. The highest BCUT2D eigenvalue weighted by atomic mass is 16.4. The minimum atomic E-state index is -1.06. The highest BCUT2D eigenvalue weighted by Crippen LogP contribution is 2.09. The van der Waals surface area contributed by atoms with Crippen LogP contribution in [0, 0.1) is 0 Å². The van der Waals surface area contributed by atoms with Crippen molar-refractivity contribution in [2.24, 2.45) is 11.5 Å². The van der Waals surface area contributed by atoms with E-state index in [1.165, 1.54) is 12.3 Å². The number of hydrogen-bond donors (Lipinski definition) is 3. The maximum absolute atomic E-state index is 10.5. The maximum Gasteiger partial charge on any atom is 0.354 e. The molecule has 1 rings (SSSR count). The monoisotopic (exact) mass is 181 g/mol. The number of hydrogen-bond acceptors (Lipinski definition) is 4. The molecule has 0 saturated carbocycles. The first kappa shape index (κ1) is 9.63. The van der Waals surface area contributed by atoms with Crippen LogP contribution in [0.5, 0.6) is 0 Å². The Balaban J connectivity index is 2.98. The molecular weight excluding hydrogens is 170 g/mol. The molecule has 0 aliphatic rings. The molecule has 1 atom stereocenters. The first-order chi connectivity index (χ1) is 6.15. The summed E-state index contributed by atoms with van der Waals surface area (Å²) in [5.74, 6) is -1.06. The molecule has 5 heteroatoms. The molecule has 1 aromatic rings. The van der Waals surface area contributed by atoms with Crippen LogP contribution in [0.1, 0.15) is 22.1 Å². The van der Waals surface area contributed by atoms with Crippen LogP contribution >= 0.6 is 0 Å². The molecular formula is C8H11N3O2. The van der Waals surface area contributed by atoms with Gasteiger partial charge in [-0.15, -0.1) is 0 Å². The SMILES string of the molecule is NC[C@H](N)c1ccnc(C(=O)O)c1. The van der Waals surface area contributed by atoms with Gasteiger partial charge in [0.25, 0.3) is 0 Å². The summed E-state index contributed by atoms with van der Waals surface area (Å²) in [6.07, 6.45) is 1.41. The van der Waals surface area contributed by atoms with Crippen LogP contribution in [-0.4, -0.2) is 22.6 Å². The van der Waals surface area contributed by atoms with Gasteiger partial charge in [-0.2, -0.15) is 0 Å². The summed E-state index contributed by atoms with van der Waals surface area (Å²) < 4.78 is 0. The Morgan fingerprint density at radius 1 is 1.69 bits per heavy atom. The fraction of sp³-hybridized carbons (Fsp3) is 0.250. The predicted molar refractivity (Wildman–Crippen MR) is 47.2 cm³/mol. The van der Waals surface area contributed by atoms with E-state index in [9.17, 15) is 4.79 Å². The number of pyridine rings is 1. The third-order valence-electron chi connectivity index (χ3n) is 1.69. The minimum Gasteiger partial charge on any atom is -0.477 e. The van der Waals surface area contributed by atoms with E-state index in [1.54, 1.807) is 6.07 Å². The van der Waals surface area contributed by atoms with Crippen molar-refractivity contribution in [2.75, 3.05) is 6.54 Å². The number of carbonyl (C=O) groups is 1. The summed E-state index contributed by atoms with van der Waals surface area (Å²) in [5.41, 5.74) is 11.6. The molecule has 0 radical (unpaired) electrons. The highest BCUT2D eigenvalue weighted by Gasteiger charge is 2.08. The number of rotatable bonds is 3. The van der Waals surface area contributed by atoms with Crippen molar-refractivity contribution in [1.82, 2.24) is 4.98 Å². The fourth-order valence-electron chi connectivity index (χ4n) is 0.931. The molecule has 1 aromatic heterocycles. The molecule has 0 aliphatic carbocycles. The second kappa shape index (κ2) is 3.97. The van der Waals surface area contributed by atoms with Crippen LogP contribution in [-0.2, 0) is 0 Å². The molecule has 0 fully saturated rings. The van der Waals surface area contributed by atoms with E-state index in [1.807, 2.05) is 0 Å². The standard InChI is InChI=1S/C8H11N3O2/c9-4-6(10)5-1-2-11-7(3-5)8(12)13/h1-3,6H,4,9-10H2,(H,12,13)/t6-/m0/s1. The molecule has 5 nitrogen and oxygen atoms in total. The summed E-state index contributed by atoms with van der Waals surface area (Å²) in [7, 11) is 0. The zero-order chi connectivity index (χ0) is 9.84. The van der Waals surface area contributed by atoms with E-state index in [0.29, 0.717) is 5.56 Å². The molecule has 1 heterocycles. The van der Waals surface area contributed by atoms with Crippen molar-refractivity contribution < 1.29 is 9.90 Å². The lowest BCUT2D eigenvalue weighted by atomic mass is 10.1. The molecule has 0 saturated heterocycles. The van der Waals surface area contributed by atoms with Crippen LogP contribution in [0.2, 0.25) is 0 Å². The van der Waals surface area contributed by atoms with Gasteiger partial charge in [-0.1, -0.05) is 0 Å². The largest absolute Gasteiger partial charge is 0.477 e. The van der Waals surface area contributed by atoms with E-state index in [0.717, 1.165) is 0 Å². The Labute approximate surface area is 75.4 Å². The third-order valence-corrected chi connectivity index (χ3v) is 1.69. The van der Waals surface area contributed by atoms with Crippen LogP contribution in [0.25, 0.3) is 0 Å². The average Bonchev–Trinajstić information content (AvgIpc) is 2.17. The molecule has 13 heavy (non-hydrogen) atoms. The zero-order valence-corrected chi connectivity index (χ0v) is 6.97. The second-order valence-corrected chi connectivity index (χ2v) is 2.62. The van der Waals surface area contributed by atoms with E-state index < -0.39 is 5.97 Å². The second-order valence-electron chi connectivity index (χ2n) is 2.62. The number of nitrogens with zero attached hydrogens (tertiary/aromatic N) is 1. The van der Waals surface area contributed by atoms with Gasteiger partial charge in [0.2, 0.25) is 0 Å². The third kappa shape index (κ3) is 2.24. The van der Waals surface area contributed by atoms with Crippen LogP contribution in [0.3, 0.4) is 0 Å². The van der Waals surface area contributed by atoms with Gasteiger partial charge in [-0.05, 0) is 17.7 Å². The quantitative estimate of drug-likeness (QED) is 0.596. The van der Waals surface area contributed by atoms with Crippen LogP contribution in [0.4, 0.5) is 0 Å². The van der Waals surface area contributed by atoms with Gasteiger partial charge in [0.1, 0.15) is 5.69 Å². The molecule has 0 spiro atoms.